The first-order chi connectivity index (χ1) is 16.6. The highest BCUT2D eigenvalue weighted by molar-refractivity contribution is 7.89. The van der Waals surface area contributed by atoms with E-state index in [4.69, 9.17) is 10.5 Å². The van der Waals surface area contributed by atoms with Crippen molar-refractivity contribution in [2.24, 2.45) is 0 Å². The number of aryl methyl sites for hydroxylation is 1. The highest BCUT2D eigenvalue weighted by atomic mass is 32.2. The molecule has 1 aromatic carbocycles. The van der Waals surface area contributed by atoms with E-state index in [0.29, 0.717) is 48.8 Å². The number of anilines is 1. The van der Waals surface area contributed by atoms with Gasteiger partial charge in [0.25, 0.3) is 0 Å². The Labute approximate surface area is 204 Å². The summed E-state index contributed by atoms with van der Waals surface area (Å²) in [5.41, 5.74) is 7.75. The van der Waals surface area contributed by atoms with Crippen LogP contribution in [0.4, 0.5) is 5.82 Å². The molecule has 1 saturated heterocycles. The summed E-state index contributed by atoms with van der Waals surface area (Å²) in [5, 5.41) is 2.75. The molecule has 2 unspecified atom stereocenters. The number of amides is 2. The summed E-state index contributed by atoms with van der Waals surface area (Å²) in [6.07, 6.45) is 3.81. The first-order valence-electron chi connectivity index (χ1n) is 11.6. The van der Waals surface area contributed by atoms with Crippen LogP contribution in [0.1, 0.15) is 43.1 Å². The van der Waals surface area contributed by atoms with Crippen molar-refractivity contribution in [2.75, 3.05) is 18.9 Å². The van der Waals surface area contributed by atoms with Crippen LogP contribution in [0.25, 0.3) is 0 Å². The van der Waals surface area contributed by atoms with Gasteiger partial charge in [-0.2, -0.15) is 4.72 Å². The Morgan fingerprint density at radius 1 is 1.31 bits per heavy atom. The molecule has 4 N–H and O–H groups in total. The number of ether oxygens (including phenoxy) is 1. The molecule has 0 saturated carbocycles. The molecule has 0 radical (unpaired) electrons. The molecule has 12 heteroatoms. The normalized spacial score (nSPS) is 20.2. The Bertz CT molecular complexity index is 1230. The molecule has 188 valence electrons. The molecule has 4 rings (SSSR count). The molecule has 1 aromatic heterocycles. The predicted molar refractivity (Wildman–Crippen MR) is 128 cm³/mol. The van der Waals surface area contributed by atoms with Crippen molar-refractivity contribution in [3.8, 4) is 5.75 Å². The van der Waals surface area contributed by atoms with Crippen molar-refractivity contribution < 1.29 is 22.7 Å². The zero-order valence-corrected chi connectivity index (χ0v) is 20.6. The molecule has 2 aliphatic heterocycles. The fourth-order valence-electron chi connectivity index (χ4n) is 4.32. The second-order valence-corrected chi connectivity index (χ2v) is 10.6. The number of likely N-dealkylation sites (tertiary alicyclic amines) is 1. The van der Waals surface area contributed by atoms with E-state index in [0.717, 1.165) is 12.0 Å². The number of nitrogens with zero attached hydrogens (tertiary/aromatic N) is 3. The van der Waals surface area contributed by atoms with Crippen LogP contribution in [0.15, 0.2) is 29.3 Å². The van der Waals surface area contributed by atoms with Crippen LogP contribution in [0.5, 0.6) is 5.75 Å². The van der Waals surface area contributed by atoms with Crippen LogP contribution in [0.3, 0.4) is 0 Å². The van der Waals surface area contributed by atoms with Gasteiger partial charge in [-0.1, -0.05) is 6.07 Å². The van der Waals surface area contributed by atoms with Crippen LogP contribution in [0, 0.1) is 6.92 Å². The lowest BCUT2D eigenvalue weighted by Crippen LogP contribution is -2.52. The molecule has 0 spiro atoms. The maximum atomic E-state index is 13.3. The molecular weight excluding hydrogens is 472 g/mol. The second-order valence-electron chi connectivity index (χ2n) is 8.89. The lowest BCUT2D eigenvalue weighted by atomic mass is 10.1. The van der Waals surface area contributed by atoms with Crippen LogP contribution in [-0.2, 0) is 32.6 Å². The van der Waals surface area contributed by atoms with Crippen molar-refractivity contribution in [1.82, 2.24) is 24.9 Å². The van der Waals surface area contributed by atoms with Crippen molar-refractivity contribution in [3.63, 3.8) is 0 Å². The number of rotatable bonds is 7. The maximum Gasteiger partial charge on any atom is 0.241 e. The number of carbonyl (C=O) groups excluding carboxylic acids is 2. The number of nitrogen functional groups attached to an aromatic ring is 1. The van der Waals surface area contributed by atoms with Crippen LogP contribution in [0.2, 0.25) is 0 Å². The van der Waals surface area contributed by atoms with Gasteiger partial charge in [0, 0.05) is 18.5 Å². The van der Waals surface area contributed by atoms with E-state index in [1.165, 1.54) is 23.2 Å². The average Bonchev–Trinajstić information content (AvgIpc) is 3.24. The van der Waals surface area contributed by atoms with Gasteiger partial charge in [0.2, 0.25) is 21.8 Å². The molecule has 3 heterocycles. The first-order valence-corrected chi connectivity index (χ1v) is 13.1. The maximum absolute atomic E-state index is 13.3. The Morgan fingerprint density at radius 2 is 2.11 bits per heavy atom. The largest absolute Gasteiger partial charge is 0.493 e. The number of sulfonamides is 1. The van der Waals surface area contributed by atoms with E-state index in [9.17, 15) is 18.0 Å². The Morgan fingerprint density at radius 3 is 2.89 bits per heavy atom. The molecule has 2 aliphatic rings. The Kier molecular flexibility index (Phi) is 7.22. The summed E-state index contributed by atoms with van der Waals surface area (Å²) in [4.78, 5) is 35.7. The fourth-order valence-corrected chi connectivity index (χ4v) is 5.56. The van der Waals surface area contributed by atoms with E-state index in [-0.39, 0.29) is 29.9 Å². The summed E-state index contributed by atoms with van der Waals surface area (Å²) in [5.74, 6) is 0.0487. The smallest absolute Gasteiger partial charge is 0.241 e. The average molecular weight is 503 g/mol. The topological polar surface area (TPSA) is 157 Å². The van der Waals surface area contributed by atoms with Crippen molar-refractivity contribution in [3.05, 3.63) is 41.3 Å². The molecule has 2 amide bonds. The zero-order chi connectivity index (χ0) is 25.2. The van der Waals surface area contributed by atoms with Crippen molar-refractivity contribution >= 4 is 27.7 Å². The van der Waals surface area contributed by atoms with Gasteiger partial charge in [-0.25, -0.2) is 13.4 Å². The molecule has 2 aromatic rings. The van der Waals surface area contributed by atoms with Gasteiger partial charge in [-0.3, -0.25) is 14.6 Å². The summed E-state index contributed by atoms with van der Waals surface area (Å²) >= 11 is 0. The molecule has 35 heavy (non-hydrogen) atoms. The number of hydrogen-bond donors (Lipinski definition) is 3. The monoisotopic (exact) mass is 502 g/mol. The minimum Gasteiger partial charge on any atom is -0.493 e. The summed E-state index contributed by atoms with van der Waals surface area (Å²) in [6, 6.07) is 3.57. The van der Waals surface area contributed by atoms with Gasteiger partial charge >= 0.3 is 0 Å². The number of nitrogens with two attached hydrogens (primary N) is 1. The molecule has 0 aliphatic carbocycles. The highest BCUT2D eigenvalue weighted by Gasteiger charge is 2.35. The van der Waals surface area contributed by atoms with Crippen molar-refractivity contribution in [2.45, 2.75) is 63.1 Å². The zero-order valence-electron chi connectivity index (χ0n) is 19.8. The highest BCUT2D eigenvalue weighted by Crippen LogP contribution is 2.28. The van der Waals surface area contributed by atoms with Gasteiger partial charge in [-0.15, -0.1) is 0 Å². The number of hydrogen-bond acceptors (Lipinski definition) is 8. The molecule has 11 nitrogen and oxygen atoms in total. The minimum absolute atomic E-state index is 0.0486. The SMILES string of the molecule is Cc1nc(N)cnc1CNC(=O)CN1C(=O)C(NS(=O)(=O)c2ccc3c(c2)OCC3)CCCC1C. The minimum atomic E-state index is -3.96. The van der Waals surface area contributed by atoms with Gasteiger partial charge in [-0.05, 0) is 44.7 Å². The summed E-state index contributed by atoms with van der Waals surface area (Å²) in [7, 11) is -3.96. The van der Waals surface area contributed by atoms with Gasteiger partial charge in [0.15, 0.2) is 0 Å². The number of nitrogens with one attached hydrogen (secondary N) is 2. The number of carbonyl (C=O) groups is 2. The van der Waals surface area contributed by atoms with E-state index < -0.39 is 22.0 Å². The standard InChI is InChI=1S/C23H30N6O5S/c1-14-4-3-5-18(28-35(32,33)17-7-6-16-8-9-34-20(16)10-17)23(31)29(14)13-22(30)26-11-19-15(2)27-21(24)12-25-19/h6-7,10,12,14,18,28H,3-5,8-9,11,13H2,1-2H3,(H2,24,27)(H,26,30). The van der Waals surface area contributed by atoms with Gasteiger partial charge in [0.1, 0.15) is 17.6 Å². The summed E-state index contributed by atoms with van der Waals surface area (Å²) in [6.45, 7) is 4.08. The molecule has 1 fully saturated rings. The van der Waals surface area contributed by atoms with E-state index in [2.05, 4.69) is 20.0 Å². The lowest BCUT2D eigenvalue weighted by molar-refractivity contribution is -0.138. The number of benzene rings is 1. The van der Waals surface area contributed by atoms with E-state index >= 15 is 0 Å². The number of aromatic nitrogens is 2. The molecule has 0 bridgehead atoms. The molecular formula is C23H30N6O5S. The third-order valence-electron chi connectivity index (χ3n) is 6.34. The van der Waals surface area contributed by atoms with Crippen molar-refractivity contribution in [1.29, 1.82) is 0 Å². The van der Waals surface area contributed by atoms with E-state index in [1.807, 2.05) is 6.92 Å². The Balaban J connectivity index is 1.42. The summed E-state index contributed by atoms with van der Waals surface area (Å²) < 4.78 is 34.1. The lowest BCUT2D eigenvalue weighted by Gasteiger charge is -2.29. The Hall–Kier alpha value is -3.25. The van der Waals surface area contributed by atoms with Crippen LogP contribution in [-0.4, -0.2) is 60.3 Å². The number of fused-ring (bicyclic) bond motifs is 1. The third-order valence-corrected chi connectivity index (χ3v) is 7.81. The van der Waals surface area contributed by atoms with E-state index in [1.54, 1.807) is 13.0 Å². The first kappa shape index (κ1) is 24.9. The quantitative estimate of drug-likeness (QED) is 0.499. The predicted octanol–water partition coefficient (Wildman–Crippen LogP) is 0.666. The van der Waals surface area contributed by atoms with Crippen LogP contribution >= 0.6 is 0 Å². The van der Waals surface area contributed by atoms with Gasteiger partial charge in [0.05, 0.1) is 42.2 Å². The van der Waals surface area contributed by atoms with Gasteiger partial charge < -0.3 is 20.7 Å². The second kappa shape index (κ2) is 10.2. The third kappa shape index (κ3) is 5.70. The fraction of sp³-hybridized carbons (Fsp3) is 0.478. The van der Waals surface area contributed by atoms with Crippen LogP contribution < -0.4 is 20.5 Å². The molecule has 2 atom stereocenters.